The fourth-order valence-electron chi connectivity index (χ4n) is 4.37. The Balaban J connectivity index is 1.98. The quantitative estimate of drug-likeness (QED) is 0.121. The molecule has 1 N–H and O–H groups in total. The van der Waals surface area contributed by atoms with Crippen molar-refractivity contribution in [2.45, 2.75) is 38.5 Å². The first-order valence-corrected chi connectivity index (χ1v) is 12.2. The Morgan fingerprint density at radius 2 is 1.30 bits per heavy atom. The van der Waals surface area contributed by atoms with Gasteiger partial charge >= 0.3 is 0 Å². The number of hydrogen-bond donors (Lipinski definition) is 1. The second-order valence-electron chi connectivity index (χ2n) is 10.1. The van der Waals surface area contributed by atoms with Gasteiger partial charge in [-0.05, 0) is 47.2 Å². The van der Waals surface area contributed by atoms with Crippen LogP contribution in [0.25, 0.3) is 0 Å². The summed E-state index contributed by atoms with van der Waals surface area (Å²) >= 11 is 5.94. The van der Waals surface area contributed by atoms with Crippen LogP contribution < -0.4 is 0 Å². The number of nitro benzene ring substituents is 1. The van der Waals surface area contributed by atoms with Crippen molar-refractivity contribution < 1.29 is 10.0 Å². The van der Waals surface area contributed by atoms with E-state index in [1.165, 1.54) is 18.2 Å². The summed E-state index contributed by atoms with van der Waals surface area (Å²) in [4.78, 5) is 11.0. The van der Waals surface area contributed by atoms with Crippen LogP contribution in [0.1, 0.15) is 49.9 Å². The van der Waals surface area contributed by atoms with Crippen LogP contribution in [0.15, 0.2) is 101 Å². The van der Waals surface area contributed by atoms with E-state index in [1.54, 1.807) is 6.07 Å². The number of hydrogen-bond acceptors (Lipinski definition) is 5. The average molecular weight is 514 g/mol. The topological polar surface area (TPSA) is 88.1 Å². The molecule has 37 heavy (non-hydrogen) atoms. The van der Waals surface area contributed by atoms with Crippen LogP contribution in [0.4, 0.5) is 17.1 Å². The SMILES string of the molecule is CC(C)(C)c1cc(/N=N/c2ccc(Cl)cc2[N+](=O)[O-])c(O)c(C(C)(c2ccccc2)c2ccccc2)c1. The Hall–Kier alpha value is -4.03. The van der Waals surface area contributed by atoms with Crippen LogP contribution in [0.5, 0.6) is 5.75 Å². The van der Waals surface area contributed by atoms with Crippen LogP contribution in [0, 0.1) is 10.1 Å². The molecule has 6 nitrogen and oxygen atoms in total. The number of aromatic hydroxyl groups is 1. The lowest BCUT2D eigenvalue weighted by atomic mass is 9.69. The van der Waals surface area contributed by atoms with Crippen molar-refractivity contribution in [2.75, 3.05) is 0 Å². The summed E-state index contributed by atoms with van der Waals surface area (Å²) in [6, 6.07) is 27.9. The molecule has 0 aliphatic heterocycles. The third-order valence-electron chi connectivity index (χ3n) is 6.60. The first-order valence-electron chi connectivity index (χ1n) is 11.9. The number of phenolic OH excluding ortho intramolecular Hbond substituents is 1. The van der Waals surface area contributed by atoms with Crippen molar-refractivity contribution >= 4 is 28.7 Å². The van der Waals surface area contributed by atoms with E-state index in [1.807, 2.05) is 66.7 Å². The number of benzene rings is 4. The summed E-state index contributed by atoms with van der Waals surface area (Å²) in [6.45, 7) is 8.31. The number of phenols is 1. The predicted molar refractivity (Wildman–Crippen MR) is 148 cm³/mol. The second-order valence-corrected chi connectivity index (χ2v) is 10.5. The summed E-state index contributed by atoms with van der Waals surface area (Å²) in [5.41, 5.74) is 2.63. The highest BCUT2D eigenvalue weighted by Gasteiger charge is 2.35. The van der Waals surface area contributed by atoms with E-state index >= 15 is 0 Å². The van der Waals surface area contributed by atoms with Gasteiger partial charge in [0.25, 0.3) is 5.69 Å². The van der Waals surface area contributed by atoms with Crippen molar-refractivity contribution in [1.82, 2.24) is 0 Å². The van der Waals surface area contributed by atoms with Crippen LogP contribution in [0.2, 0.25) is 5.02 Å². The number of nitro groups is 1. The van der Waals surface area contributed by atoms with Gasteiger partial charge in [0.15, 0.2) is 5.69 Å². The first kappa shape index (κ1) is 26.0. The highest BCUT2D eigenvalue weighted by Crippen LogP contribution is 2.48. The monoisotopic (exact) mass is 513 g/mol. The van der Waals surface area contributed by atoms with E-state index in [9.17, 15) is 15.2 Å². The van der Waals surface area contributed by atoms with E-state index in [-0.39, 0.29) is 33.2 Å². The molecule has 0 saturated carbocycles. The smallest absolute Gasteiger partial charge is 0.298 e. The molecule has 4 aromatic rings. The molecule has 4 rings (SSSR count). The Morgan fingerprint density at radius 1 is 0.757 bits per heavy atom. The summed E-state index contributed by atoms with van der Waals surface area (Å²) in [7, 11) is 0. The molecule has 0 amide bonds. The van der Waals surface area contributed by atoms with E-state index in [4.69, 9.17) is 11.6 Å². The summed E-state index contributed by atoms with van der Waals surface area (Å²) in [6.07, 6.45) is 0. The van der Waals surface area contributed by atoms with Crippen molar-refractivity contribution in [3.8, 4) is 5.75 Å². The van der Waals surface area contributed by atoms with Gasteiger partial charge in [0, 0.05) is 22.1 Å². The second kappa shape index (κ2) is 10.1. The highest BCUT2D eigenvalue weighted by atomic mass is 35.5. The van der Waals surface area contributed by atoms with Crippen LogP contribution >= 0.6 is 11.6 Å². The largest absolute Gasteiger partial charge is 0.505 e. The Bertz CT molecular complexity index is 1420. The van der Waals surface area contributed by atoms with Crippen molar-refractivity contribution in [2.24, 2.45) is 10.2 Å². The minimum absolute atomic E-state index is 0.0384. The predicted octanol–water partition coefficient (Wildman–Crippen LogP) is 9.02. The maximum atomic E-state index is 11.6. The van der Waals surface area contributed by atoms with E-state index in [0.717, 1.165) is 16.7 Å². The molecule has 0 unspecified atom stereocenters. The van der Waals surface area contributed by atoms with Gasteiger partial charge in [-0.3, -0.25) is 10.1 Å². The Labute approximate surface area is 221 Å². The van der Waals surface area contributed by atoms with Gasteiger partial charge in [0.2, 0.25) is 0 Å². The molecule has 0 spiro atoms. The third kappa shape index (κ3) is 5.25. The molecule has 0 atom stereocenters. The van der Waals surface area contributed by atoms with Crippen LogP contribution in [0.3, 0.4) is 0 Å². The summed E-state index contributed by atoms with van der Waals surface area (Å²) < 4.78 is 0. The first-order chi connectivity index (χ1) is 17.5. The Morgan fingerprint density at radius 3 is 1.81 bits per heavy atom. The molecule has 0 aromatic heterocycles. The van der Waals surface area contributed by atoms with E-state index < -0.39 is 10.3 Å². The van der Waals surface area contributed by atoms with E-state index in [0.29, 0.717) is 5.56 Å². The van der Waals surface area contributed by atoms with E-state index in [2.05, 4.69) is 37.9 Å². The molecule has 0 heterocycles. The zero-order valence-corrected chi connectivity index (χ0v) is 21.9. The molecule has 0 aliphatic carbocycles. The lowest BCUT2D eigenvalue weighted by Crippen LogP contribution is -2.26. The molecular weight excluding hydrogens is 486 g/mol. The number of nitrogens with zero attached hydrogens (tertiary/aromatic N) is 3. The van der Waals surface area contributed by atoms with Gasteiger partial charge in [-0.2, -0.15) is 0 Å². The zero-order valence-electron chi connectivity index (χ0n) is 21.1. The lowest BCUT2D eigenvalue weighted by Gasteiger charge is -2.34. The molecule has 0 aliphatic rings. The number of azo groups is 1. The summed E-state index contributed by atoms with van der Waals surface area (Å²) in [5.74, 6) is -0.0384. The number of halogens is 1. The van der Waals surface area contributed by atoms with Crippen molar-refractivity contribution in [1.29, 1.82) is 0 Å². The number of rotatable bonds is 6. The Kier molecular flexibility index (Phi) is 7.14. The van der Waals surface area contributed by atoms with Gasteiger partial charge in [0.1, 0.15) is 11.4 Å². The fraction of sp³-hybridized carbons (Fsp3) is 0.200. The molecule has 4 aromatic carbocycles. The van der Waals surface area contributed by atoms with Gasteiger partial charge in [-0.25, -0.2) is 0 Å². The minimum Gasteiger partial charge on any atom is -0.505 e. The van der Waals surface area contributed by atoms with Gasteiger partial charge < -0.3 is 5.11 Å². The van der Waals surface area contributed by atoms with Gasteiger partial charge in [-0.15, -0.1) is 10.2 Å². The van der Waals surface area contributed by atoms with Crippen molar-refractivity contribution in [3.63, 3.8) is 0 Å². The van der Waals surface area contributed by atoms with Crippen molar-refractivity contribution in [3.05, 3.63) is 128 Å². The molecule has 0 saturated heterocycles. The molecule has 188 valence electrons. The molecule has 7 heteroatoms. The molecule has 0 radical (unpaired) electrons. The molecule has 0 fully saturated rings. The zero-order chi connectivity index (χ0) is 26.8. The van der Waals surface area contributed by atoms with Gasteiger partial charge in [0.05, 0.1) is 4.92 Å². The molecule has 0 bridgehead atoms. The molecular formula is C30H28ClN3O3. The third-order valence-corrected chi connectivity index (χ3v) is 6.83. The van der Waals surface area contributed by atoms with Crippen LogP contribution in [-0.4, -0.2) is 10.0 Å². The minimum atomic E-state index is -0.718. The average Bonchev–Trinajstić information content (AvgIpc) is 2.88. The van der Waals surface area contributed by atoms with Crippen LogP contribution in [-0.2, 0) is 10.8 Å². The lowest BCUT2D eigenvalue weighted by molar-refractivity contribution is -0.384. The fourth-order valence-corrected chi connectivity index (χ4v) is 4.53. The van der Waals surface area contributed by atoms with Gasteiger partial charge in [-0.1, -0.05) is 99.1 Å². The summed E-state index contributed by atoms with van der Waals surface area (Å²) in [5, 5.41) is 31.9. The maximum absolute atomic E-state index is 11.6. The maximum Gasteiger partial charge on any atom is 0.298 e. The highest BCUT2D eigenvalue weighted by molar-refractivity contribution is 6.30. The normalized spacial score (nSPS) is 12.1. The standard InChI is InChI=1S/C30H28ClN3O3/c1-29(2,3)22-17-24(30(4,20-11-7-5-8-12-20)21-13-9-6-10-14-21)28(35)26(18-22)33-32-25-16-15-23(31)19-27(25)34(36)37/h5-19,35H,1-4H3/b33-32+.